The number of hydrogen-bond acceptors (Lipinski definition) is 6. The molecule has 8 heteroatoms. The minimum atomic E-state index is -0.468. The number of fused-ring (bicyclic) bond motifs is 14. The van der Waals surface area contributed by atoms with Crippen molar-refractivity contribution in [1.29, 1.82) is 0 Å². The summed E-state index contributed by atoms with van der Waals surface area (Å²) in [4.78, 5) is 19.2. The Kier molecular flexibility index (Phi) is 15.7. The van der Waals surface area contributed by atoms with Crippen molar-refractivity contribution in [3.63, 3.8) is 0 Å². The van der Waals surface area contributed by atoms with Gasteiger partial charge in [-0.3, -0.25) is 4.98 Å². The molecule has 2 aliphatic carbocycles. The molecule has 1 fully saturated rings. The number of hydrogen-bond donors (Lipinski definition) is 0. The molecule has 0 bridgehead atoms. The quantitative estimate of drug-likeness (QED) is 0.0858. The molecule has 19 rings (SSSR count). The van der Waals surface area contributed by atoms with Crippen LogP contribution >= 0.6 is 15.9 Å². The highest BCUT2D eigenvalue weighted by Gasteiger charge is 2.52. The zero-order chi connectivity index (χ0) is 67.6. The van der Waals surface area contributed by atoms with Gasteiger partial charge in [0.25, 0.3) is 0 Å². The van der Waals surface area contributed by atoms with Crippen LogP contribution in [0.5, 0.6) is 0 Å². The third-order valence-electron chi connectivity index (χ3n) is 21.0. The first-order valence-electron chi connectivity index (χ1n) is 34.2. The SMILES string of the molecule is Brc1ccccn1.CC1(C)OB(c2cccc(-c3nc4ccccc4c4c5c(ccc34)C(c3ccccc3)(c3ccccc3)c3ccccc3-5)c2)OC1(C)C.c1ccc(C2(c3ccccc3)c3ccccc3-c3c2ccc2c(-c4cccc(-c5ccccn5)c4)nc4ccccc4c32)cc1. The van der Waals surface area contributed by atoms with Gasteiger partial charge in [-0.2, -0.15) is 0 Å². The van der Waals surface area contributed by atoms with E-state index in [2.05, 4.69) is 351 Å². The number of benzene rings is 12. The van der Waals surface area contributed by atoms with E-state index in [-0.39, 0.29) is 0 Å². The monoisotopic (exact) mass is 1350 g/mol. The fourth-order valence-corrected chi connectivity index (χ4v) is 16.2. The van der Waals surface area contributed by atoms with Crippen molar-refractivity contribution >= 4 is 71.9 Å². The maximum atomic E-state index is 6.46. The number of para-hydroxylation sites is 2. The molecule has 478 valence electrons. The first kappa shape index (κ1) is 62.3. The molecule has 0 amide bonds. The number of nitrogens with zero attached hydrogens (tertiary/aromatic N) is 4. The van der Waals surface area contributed by atoms with E-state index in [4.69, 9.17) is 19.3 Å². The molecule has 0 spiro atoms. The largest absolute Gasteiger partial charge is 0.494 e. The molecule has 12 aromatic carbocycles. The third kappa shape index (κ3) is 10.2. The van der Waals surface area contributed by atoms with Gasteiger partial charge in [0.1, 0.15) is 4.60 Å². The summed E-state index contributed by atoms with van der Waals surface area (Å²) in [7, 11) is -0.449. The van der Waals surface area contributed by atoms with Gasteiger partial charge in [0.15, 0.2) is 0 Å². The van der Waals surface area contributed by atoms with E-state index >= 15 is 0 Å². The number of rotatable bonds is 8. The second kappa shape index (κ2) is 25.2. The lowest BCUT2D eigenvalue weighted by Gasteiger charge is -2.34. The van der Waals surface area contributed by atoms with Crippen LogP contribution in [0.1, 0.15) is 72.2 Å². The highest BCUT2D eigenvalue weighted by molar-refractivity contribution is 9.10. The Morgan fingerprint density at radius 3 is 1.16 bits per heavy atom. The van der Waals surface area contributed by atoms with Gasteiger partial charge in [-0.1, -0.05) is 285 Å². The van der Waals surface area contributed by atoms with Crippen LogP contribution in [0.3, 0.4) is 0 Å². The summed E-state index contributed by atoms with van der Waals surface area (Å²) >= 11 is 3.20. The molecule has 16 aromatic rings. The van der Waals surface area contributed by atoms with Gasteiger partial charge in [0.05, 0.1) is 50.1 Å². The average molecular weight is 1350 g/mol. The third-order valence-corrected chi connectivity index (χ3v) is 21.4. The molecule has 3 aliphatic rings. The Balaban J connectivity index is 0.000000136. The highest BCUT2D eigenvalue weighted by Crippen LogP contribution is 2.61. The fraction of sp³-hybridized carbons (Fsp3) is 0.0870. The van der Waals surface area contributed by atoms with Crippen LogP contribution in [0.15, 0.2) is 345 Å². The summed E-state index contributed by atoms with van der Waals surface area (Å²) in [5.41, 5.74) is 22.7. The topological polar surface area (TPSA) is 70.0 Å². The standard InChI is InChI=1S/C44H36BNO2.C43H28N2.C5H4BrN/c1-42(2)43(3,4)48-45(47-42)32-21-15-16-29(28-32)41-35-26-27-37-40(39(35)34-23-12-14-25-38(34)46-41)33-22-11-13-24-36(33)44(37,30-17-7-5-8-18-30)31-19-9-6-10-20-31;1-3-16-31(17-4-1)43(32-18-5-2-6-19-32)36-22-9-7-20-33(36)41-37(43)26-25-35-40(41)34-21-8-10-24-39(34)45-42(35)30-15-13-14-29(28-30)38-23-11-12-27-44-38;6-5-3-1-2-4-7-5/h5-28H,1-4H3;1-28H;1-4H. The summed E-state index contributed by atoms with van der Waals surface area (Å²) in [5.74, 6) is 0. The molecule has 6 nitrogen and oxygen atoms in total. The van der Waals surface area contributed by atoms with E-state index < -0.39 is 29.2 Å². The molecule has 1 saturated heterocycles. The molecule has 0 unspecified atom stereocenters. The van der Waals surface area contributed by atoms with Crippen LogP contribution in [-0.4, -0.2) is 38.3 Å². The lowest BCUT2D eigenvalue weighted by molar-refractivity contribution is 0.00578. The van der Waals surface area contributed by atoms with Crippen molar-refractivity contribution in [2.75, 3.05) is 0 Å². The van der Waals surface area contributed by atoms with Gasteiger partial charge in [-0.25, -0.2) is 15.0 Å². The Bertz CT molecular complexity index is 5670. The maximum absolute atomic E-state index is 6.46. The van der Waals surface area contributed by atoms with Crippen LogP contribution < -0.4 is 5.46 Å². The van der Waals surface area contributed by atoms with E-state index in [1.54, 1.807) is 6.20 Å². The van der Waals surface area contributed by atoms with Crippen LogP contribution in [0.2, 0.25) is 0 Å². The van der Waals surface area contributed by atoms with Crippen LogP contribution in [0.4, 0.5) is 0 Å². The maximum Gasteiger partial charge on any atom is 0.494 e. The van der Waals surface area contributed by atoms with Crippen molar-refractivity contribution < 1.29 is 9.31 Å². The first-order valence-corrected chi connectivity index (χ1v) is 35.0. The average Bonchev–Trinajstić information content (AvgIpc) is 1.53. The van der Waals surface area contributed by atoms with E-state index in [1.165, 1.54) is 82.9 Å². The van der Waals surface area contributed by atoms with E-state index in [0.29, 0.717) is 0 Å². The minimum absolute atomic E-state index is 0.417. The van der Waals surface area contributed by atoms with Crippen LogP contribution in [0, 0.1) is 0 Å². The molecule has 100 heavy (non-hydrogen) atoms. The van der Waals surface area contributed by atoms with E-state index in [9.17, 15) is 0 Å². The highest BCUT2D eigenvalue weighted by atomic mass is 79.9. The molecule has 0 saturated carbocycles. The molecular weight excluding hydrogens is 1280 g/mol. The van der Waals surface area contributed by atoms with E-state index in [0.717, 1.165) is 71.0 Å². The molecule has 5 heterocycles. The molecular formula is C92H68BBrN4O2. The molecule has 0 N–H and O–H groups in total. The van der Waals surface area contributed by atoms with Gasteiger partial charge < -0.3 is 9.31 Å². The van der Waals surface area contributed by atoms with Crippen molar-refractivity contribution in [1.82, 2.24) is 19.9 Å². The lowest BCUT2D eigenvalue weighted by atomic mass is 9.67. The number of pyridine rings is 4. The molecule has 1 aliphatic heterocycles. The van der Waals surface area contributed by atoms with Gasteiger partial charge in [0.2, 0.25) is 0 Å². The predicted molar refractivity (Wildman–Crippen MR) is 415 cm³/mol. The Hall–Kier alpha value is -11.3. The number of halogens is 1. The van der Waals surface area contributed by atoms with Gasteiger partial charge >= 0.3 is 7.12 Å². The summed E-state index contributed by atoms with van der Waals surface area (Å²) in [5, 5.41) is 7.08. The second-order valence-corrected chi connectivity index (χ2v) is 27.8. The molecule has 0 atom stereocenters. The van der Waals surface area contributed by atoms with Crippen molar-refractivity contribution in [3.05, 3.63) is 389 Å². The van der Waals surface area contributed by atoms with Gasteiger partial charge in [-0.05, 0) is 158 Å². The normalized spacial score (nSPS) is 14.7. The minimum Gasteiger partial charge on any atom is -0.399 e. The van der Waals surface area contributed by atoms with Gasteiger partial charge in [0, 0.05) is 61.4 Å². The molecule has 0 radical (unpaired) electrons. The Morgan fingerprint density at radius 2 is 0.720 bits per heavy atom. The van der Waals surface area contributed by atoms with E-state index in [1.807, 2.05) is 36.5 Å². The second-order valence-electron chi connectivity index (χ2n) is 27.0. The summed E-state index contributed by atoms with van der Waals surface area (Å²) < 4.78 is 13.8. The van der Waals surface area contributed by atoms with Crippen molar-refractivity contribution in [2.24, 2.45) is 0 Å². The lowest BCUT2D eigenvalue weighted by Crippen LogP contribution is -2.41. The zero-order valence-electron chi connectivity index (χ0n) is 55.9. The number of aromatic nitrogens is 4. The first-order chi connectivity index (χ1) is 49.0. The Morgan fingerprint density at radius 1 is 0.320 bits per heavy atom. The smallest absolute Gasteiger partial charge is 0.399 e. The fourth-order valence-electron chi connectivity index (χ4n) is 15.9. The predicted octanol–water partition coefficient (Wildman–Crippen LogP) is 22.0. The summed E-state index contributed by atoms with van der Waals surface area (Å²) in [6, 6.07) is 117. The molecule has 4 aromatic heterocycles. The zero-order valence-corrected chi connectivity index (χ0v) is 57.5. The van der Waals surface area contributed by atoms with Crippen molar-refractivity contribution in [3.8, 4) is 56.0 Å². The van der Waals surface area contributed by atoms with Crippen LogP contribution in [0.25, 0.3) is 99.4 Å². The van der Waals surface area contributed by atoms with Crippen molar-refractivity contribution in [2.45, 2.75) is 49.7 Å². The van der Waals surface area contributed by atoms with Gasteiger partial charge in [-0.15, -0.1) is 0 Å². The Labute approximate surface area is 592 Å². The summed E-state index contributed by atoms with van der Waals surface area (Å²) in [6.07, 6.45) is 3.59. The van der Waals surface area contributed by atoms with Crippen LogP contribution in [-0.2, 0) is 20.1 Å². The summed E-state index contributed by atoms with van der Waals surface area (Å²) in [6.45, 7) is 8.38.